The molecule has 0 saturated carbocycles. The van der Waals surface area contributed by atoms with Gasteiger partial charge in [0.1, 0.15) is 5.60 Å². The second-order valence-corrected chi connectivity index (χ2v) is 6.36. The second-order valence-electron chi connectivity index (χ2n) is 6.36. The molecule has 0 aliphatic carbocycles. The quantitative estimate of drug-likeness (QED) is 0.888. The minimum absolute atomic E-state index is 0.0476. The molecule has 2 amide bonds. The summed E-state index contributed by atoms with van der Waals surface area (Å²) in [5.41, 5.74) is 0.318. The lowest BCUT2D eigenvalue weighted by Crippen LogP contribution is -2.32. The van der Waals surface area contributed by atoms with Gasteiger partial charge >= 0.3 is 12.2 Å². The fourth-order valence-corrected chi connectivity index (χ4v) is 2.29. The molecule has 1 atom stereocenters. The van der Waals surface area contributed by atoms with Crippen molar-refractivity contribution in [3.05, 3.63) is 18.0 Å². The van der Waals surface area contributed by atoms with Crippen molar-refractivity contribution in [2.24, 2.45) is 0 Å². The molecule has 1 aromatic heterocycles. The Balaban J connectivity index is 1.85. The maximum absolute atomic E-state index is 11.6. The van der Waals surface area contributed by atoms with E-state index in [1.807, 2.05) is 6.20 Å². The fourth-order valence-electron chi connectivity index (χ4n) is 2.29. The number of amides is 2. The van der Waals surface area contributed by atoms with Crippen molar-refractivity contribution >= 4 is 12.2 Å². The number of nitrogens with one attached hydrogen (secondary N) is 1. The topological polar surface area (TPSA) is 96.7 Å². The Morgan fingerprint density at radius 1 is 1.50 bits per heavy atom. The maximum Gasteiger partial charge on any atom is 0.407 e. The molecule has 2 N–H and O–H groups in total. The Bertz CT molecular complexity index is 549. The SMILES string of the molecule is CC(C)(C)OC(=O)NCc1cnn([C@H]2CCN(C(=O)O)C2)c1. The molecule has 8 heteroatoms. The molecule has 0 spiro atoms. The first-order valence-corrected chi connectivity index (χ1v) is 7.22. The van der Waals surface area contributed by atoms with Gasteiger partial charge in [0.2, 0.25) is 0 Å². The minimum atomic E-state index is -0.901. The van der Waals surface area contributed by atoms with Gasteiger partial charge in [-0.1, -0.05) is 0 Å². The normalized spacial score (nSPS) is 18.3. The number of hydrogen-bond donors (Lipinski definition) is 2. The molecule has 22 heavy (non-hydrogen) atoms. The monoisotopic (exact) mass is 310 g/mol. The average molecular weight is 310 g/mol. The molecular weight excluding hydrogens is 288 g/mol. The van der Waals surface area contributed by atoms with E-state index < -0.39 is 17.8 Å². The number of alkyl carbamates (subject to hydrolysis) is 1. The van der Waals surface area contributed by atoms with Crippen LogP contribution in [0.4, 0.5) is 9.59 Å². The third-order valence-electron chi connectivity index (χ3n) is 3.30. The van der Waals surface area contributed by atoms with Crippen molar-refractivity contribution < 1.29 is 19.4 Å². The summed E-state index contributed by atoms with van der Waals surface area (Å²) >= 11 is 0. The van der Waals surface area contributed by atoms with E-state index in [0.717, 1.165) is 12.0 Å². The van der Waals surface area contributed by atoms with Crippen LogP contribution in [0.1, 0.15) is 38.8 Å². The molecular formula is C14H22N4O4. The first-order chi connectivity index (χ1) is 10.2. The van der Waals surface area contributed by atoms with Gasteiger partial charge in [-0.3, -0.25) is 4.68 Å². The second kappa shape index (κ2) is 6.25. The number of carbonyl (C=O) groups is 2. The van der Waals surface area contributed by atoms with Gasteiger partial charge in [0.25, 0.3) is 0 Å². The van der Waals surface area contributed by atoms with Crippen molar-refractivity contribution in [3.63, 3.8) is 0 Å². The van der Waals surface area contributed by atoms with E-state index in [0.29, 0.717) is 19.6 Å². The Morgan fingerprint density at radius 2 is 2.23 bits per heavy atom. The van der Waals surface area contributed by atoms with Crippen LogP contribution in [0.15, 0.2) is 12.4 Å². The van der Waals surface area contributed by atoms with Crippen LogP contribution in [-0.2, 0) is 11.3 Å². The van der Waals surface area contributed by atoms with Crippen LogP contribution in [0.3, 0.4) is 0 Å². The smallest absolute Gasteiger partial charge is 0.407 e. The molecule has 1 aliphatic heterocycles. The average Bonchev–Trinajstić information content (AvgIpc) is 3.03. The largest absolute Gasteiger partial charge is 0.465 e. The van der Waals surface area contributed by atoms with E-state index in [-0.39, 0.29) is 6.04 Å². The van der Waals surface area contributed by atoms with E-state index in [2.05, 4.69) is 10.4 Å². The molecule has 1 saturated heterocycles. The highest BCUT2D eigenvalue weighted by Crippen LogP contribution is 2.21. The molecule has 0 unspecified atom stereocenters. The van der Waals surface area contributed by atoms with Crippen LogP contribution in [0, 0.1) is 0 Å². The molecule has 2 heterocycles. The Hall–Kier alpha value is -2.25. The molecule has 1 fully saturated rings. The third-order valence-corrected chi connectivity index (χ3v) is 3.30. The van der Waals surface area contributed by atoms with Crippen molar-refractivity contribution in [1.29, 1.82) is 0 Å². The molecule has 0 radical (unpaired) electrons. The Kier molecular flexibility index (Phi) is 4.58. The molecule has 0 bridgehead atoms. The minimum Gasteiger partial charge on any atom is -0.465 e. The van der Waals surface area contributed by atoms with Gasteiger partial charge in [0.15, 0.2) is 0 Å². The standard InChI is InChI=1S/C14H22N4O4/c1-14(2,3)22-12(19)15-6-10-7-16-18(8-10)11-4-5-17(9-11)13(20)21/h7-8,11H,4-6,9H2,1-3H3,(H,15,19)(H,20,21)/t11-/m0/s1. The molecule has 0 aromatic carbocycles. The van der Waals surface area contributed by atoms with Crippen LogP contribution < -0.4 is 5.32 Å². The number of likely N-dealkylation sites (tertiary alicyclic amines) is 1. The predicted molar refractivity (Wildman–Crippen MR) is 78.6 cm³/mol. The summed E-state index contributed by atoms with van der Waals surface area (Å²) in [5.74, 6) is 0. The number of carbonyl (C=O) groups excluding carboxylic acids is 1. The first-order valence-electron chi connectivity index (χ1n) is 7.22. The lowest BCUT2D eigenvalue weighted by atomic mass is 10.2. The summed E-state index contributed by atoms with van der Waals surface area (Å²) in [6, 6.07) is 0.0476. The zero-order valence-electron chi connectivity index (χ0n) is 13.1. The van der Waals surface area contributed by atoms with Crippen LogP contribution in [0.2, 0.25) is 0 Å². The van der Waals surface area contributed by atoms with Gasteiger partial charge in [-0.05, 0) is 27.2 Å². The summed E-state index contributed by atoms with van der Waals surface area (Å²) in [6.07, 6.45) is 2.86. The van der Waals surface area contributed by atoms with Crippen LogP contribution in [0.25, 0.3) is 0 Å². The summed E-state index contributed by atoms with van der Waals surface area (Å²) in [7, 11) is 0. The molecule has 1 aliphatic rings. The molecule has 1 aromatic rings. The Labute approximate surface area is 129 Å². The summed E-state index contributed by atoms with van der Waals surface area (Å²) in [5, 5.41) is 15.9. The highest BCUT2D eigenvalue weighted by molar-refractivity contribution is 5.67. The predicted octanol–water partition coefficient (Wildman–Crippen LogP) is 1.83. The lowest BCUT2D eigenvalue weighted by molar-refractivity contribution is 0.0523. The maximum atomic E-state index is 11.6. The lowest BCUT2D eigenvalue weighted by Gasteiger charge is -2.19. The third kappa shape index (κ3) is 4.37. The van der Waals surface area contributed by atoms with Gasteiger partial charge in [0.05, 0.1) is 12.2 Å². The number of nitrogens with zero attached hydrogens (tertiary/aromatic N) is 3. The molecule has 8 nitrogen and oxygen atoms in total. The molecule has 122 valence electrons. The number of ether oxygens (including phenoxy) is 1. The van der Waals surface area contributed by atoms with Gasteiger partial charge in [-0.15, -0.1) is 0 Å². The van der Waals surface area contributed by atoms with Crippen LogP contribution >= 0.6 is 0 Å². The zero-order valence-corrected chi connectivity index (χ0v) is 13.1. The number of aromatic nitrogens is 2. The Morgan fingerprint density at radius 3 is 2.82 bits per heavy atom. The van der Waals surface area contributed by atoms with Crippen LogP contribution in [0.5, 0.6) is 0 Å². The number of rotatable bonds is 3. The van der Waals surface area contributed by atoms with Crippen molar-refractivity contribution in [1.82, 2.24) is 20.0 Å². The van der Waals surface area contributed by atoms with Gasteiger partial charge in [-0.25, -0.2) is 9.59 Å². The van der Waals surface area contributed by atoms with E-state index in [9.17, 15) is 9.59 Å². The number of hydrogen-bond acceptors (Lipinski definition) is 4. The van der Waals surface area contributed by atoms with Crippen LogP contribution in [-0.4, -0.2) is 50.7 Å². The van der Waals surface area contributed by atoms with Gasteiger partial charge in [0, 0.05) is 31.4 Å². The van der Waals surface area contributed by atoms with E-state index in [4.69, 9.17) is 9.84 Å². The van der Waals surface area contributed by atoms with Gasteiger partial charge in [-0.2, -0.15) is 5.10 Å². The summed E-state index contributed by atoms with van der Waals surface area (Å²) in [4.78, 5) is 23.9. The van der Waals surface area contributed by atoms with E-state index in [1.54, 1.807) is 31.6 Å². The van der Waals surface area contributed by atoms with E-state index >= 15 is 0 Å². The zero-order chi connectivity index (χ0) is 16.3. The summed E-state index contributed by atoms with van der Waals surface area (Å²) < 4.78 is 6.92. The molecule has 2 rings (SSSR count). The van der Waals surface area contributed by atoms with Crippen molar-refractivity contribution in [2.45, 2.75) is 45.4 Å². The van der Waals surface area contributed by atoms with E-state index in [1.165, 1.54) is 4.90 Å². The summed E-state index contributed by atoms with van der Waals surface area (Å²) in [6.45, 7) is 6.70. The van der Waals surface area contributed by atoms with Gasteiger partial charge < -0.3 is 20.1 Å². The fraction of sp³-hybridized carbons (Fsp3) is 0.643. The number of carboxylic acid groups (broad SMARTS) is 1. The van der Waals surface area contributed by atoms with Crippen molar-refractivity contribution in [3.8, 4) is 0 Å². The highest BCUT2D eigenvalue weighted by atomic mass is 16.6. The van der Waals surface area contributed by atoms with Crippen molar-refractivity contribution in [2.75, 3.05) is 13.1 Å². The highest BCUT2D eigenvalue weighted by Gasteiger charge is 2.27. The first kappa shape index (κ1) is 16.1.